The first-order valence-electron chi connectivity index (χ1n) is 11.5. The van der Waals surface area contributed by atoms with Gasteiger partial charge >= 0.3 is 5.97 Å². The van der Waals surface area contributed by atoms with E-state index in [-0.39, 0.29) is 0 Å². The van der Waals surface area contributed by atoms with Crippen LogP contribution >= 0.6 is 27.3 Å². The van der Waals surface area contributed by atoms with E-state index in [2.05, 4.69) is 15.9 Å². The van der Waals surface area contributed by atoms with E-state index in [1.807, 2.05) is 13.8 Å². The van der Waals surface area contributed by atoms with Crippen LogP contribution in [0.3, 0.4) is 0 Å². The Morgan fingerprint density at radius 3 is 2.31 bits per heavy atom. The highest BCUT2D eigenvalue weighted by molar-refractivity contribution is 9.10. The molecule has 0 amide bonds. The molecule has 1 heterocycles. The predicted octanol–water partition coefficient (Wildman–Crippen LogP) is 7.44. The van der Waals surface area contributed by atoms with Gasteiger partial charge in [-0.05, 0) is 90.1 Å². The normalized spacial score (nSPS) is 35.1. The number of thiophene rings is 1. The Hall–Kier alpha value is -0.680. The Morgan fingerprint density at radius 1 is 0.966 bits per heavy atom. The molecule has 29 heavy (non-hydrogen) atoms. The van der Waals surface area contributed by atoms with Gasteiger partial charge in [0, 0.05) is 22.2 Å². The molecule has 0 aliphatic heterocycles. The summed E-state index contributed by atoms with van der Waals surface area (Å²) < 4.78 is 0.824. The molecule has 1 aromatic rings. The Balaban J connectivity index is 0.000000186. The van der Waals surface area contributed by atoms with Crippen molar-refractivity contribution in [2.45, 2.75) is 78.1 Å². The zero-order valence-corrected chi connectivity index (χ0v) is 20.1. The van der Waals surface area contributed by atoms with Crippen LogP contribution in [-0.2, 0) is 4.79 Å². The summed E-state index contributed by atoms with van der Waals surface area (Å²) in [4.78, 5) is 22.5. The molecule has 4 aliphatic carbocycles. The monoisotopic (exact) mass is 482 g/mol. The van der Waals surface area contributed by atoms with Crippen molar-refractivity contribution in [3.63, 3.8) is 0 Å². The fourth-order valence-corrected chi connectivity index (χ4v) is 7.94. The number of fused-ring (bicyclic) bond motifs is 5. The van der Waals surface area contributed by atoms with Gasteiger partial charge in [-0.15, -0.1) is 11.3 Å². The molecule has 162 valence electrons. The number of hydrogen-bond donors (Lipinski definition) is 1. The molecule has 0 aromatic carbocycles. The number of Topliss-reactive ketones (excluding diaryl/α,β-unsaturated/α-hetero) is 1. The van der Waals surface area contributed by atoms with Gasteiger partial charge in [0.1, 0.15) is 10.7 Å². The fourth-order valence-electron chi connectivity index (χ4n) is 6.68. The van der Waals surface area contributed by atoms with Gasteiger partial charge in [0.15, 0.2) is 0 Å². The first-order chi connectivity index (χ1) is 14.0. The molecule has 5 rings (SSSR count). The average Bonchev–Trinajstić information content (AvgIpc) is 3.36. The van der Waals surface area contributed by atoms with Crippen LogP contribution in [0.2, 0.25) is 0 Å². The van der Waals surface area contributed by atoms with Gasteiger partial charge in [0.05, 0.1) is 0 Å². The highest BCUT2D eigenvalue weighted by Gasteiger charge is 2.50. The van der Waals surface area contributed by atoms with Crippen molar-refractivity contribution in [3.8, 4) is 0 Å². The summed E-state index contributed by atoms with van der Waals surface area (Å²) in [5.41, 5.74) is 0. The molecule has 6 unspecified atom stereocenters. The smallest absolute Gasteiger partial charge is 0.345 e. The van der Waals surface area contributed by atoms with Crippen molar-refractivity contribution in [1.29, 1.82) is 0 Å². The number of aromatic carboxylic acids is 1. The van der Waals surface area contributed by atoms with E-state index in [1.54, 1.807) is 11.4 Å². The summed E-state index contributed by atoms with van der Waals surface area (Å²) >= 11 is 4.36. The molecule has 3 nitrogen and oxygen atoms in total. The van der Waals surface area contributed by atoms with E-state index in [0.29, 0.717) is 16.6 Å². The molecule has 0 saturated heterocycles. The van der Waals surface area contributed by atoms with Crippen LogP contribution in [0.5, 0.6) is 0 Å². The van der Waals surface area contributed by atoms with Crippen LogP contribution in [-0.4, -0.2) is 16.9 Å². The SMILES string of the molecule is CC.O=C(O)c1cc(Br)cs1.O=C1CCC2C1CCC1C3CCCCC3CCC21. The van der Waals surface area contributed by atoms with Crippen molar-refractivity contribution in [1.82, 2.24) is 0 Å². The summed E-state index contributed by atoms with van der Waals surface area (Å²) in [6.45, 7) is 4.00. The number of carbonyl (C=O) groups excluding carboxylic acids is 1. The summed E-state index contributed by atoms with van der Waals surface area (Å²) in [5, 5.41) is 10.1. The highest BCUT2D eigenvalue weighted by Crippen LogP contribution is 2.57. The minimum atomic E-state index is -0.870. The van der Waals surface area contributed by atoms with Crippen LogP contribution in [0.15, 0.2) is 15.9 Å². The number of carbonyl (C=O) groups is 2. The minimum absolute atomic E-state index is 0.363. The fraction of sp³-hybridized carbons (Fsp3) is 0.750. The molecular formula is C24H35BrO3S. The Bertz CT molecular complexity index is 700. The number of carboxylic acid groups (broad SMARTS) is 1. The van der Waals surface area contributed by atoms with Gasteiger partial charge in [-0.2, -0.15) is 0 Å². The van der Waals surface area contributed by atoms with Gasteiger partial charge in [-0.3, -0.25) is 4.79 Å². The Morgan fingerprint density at radius 2 is 1.66 bits per heavy atom. The third kappa shape index (κ3) is 5.15. The van der Waals surface area contributed by atoms with Crippen LogP contribution in [0.4, 0.5) is 0 Å². The molecule has 4 aliphatic rings. The standard InChI is InChI=1S/C17H26O.C5H3BrO2S.C2H6/c18-17-10-9-15-14-6-5-11-3-1-2-4-12(11)13(14)7-8-16(15)17;6-3-1-4(5(7)8)9-2-3;1-2/h11-16H,1-10H2;1-2H,(H,7,8);1-2H3. The second-order valence-electron chi connectivity index (χ2n) is 8.90. The number of ketones is 1. The lowest BCUT2D eigenvalue weighted by molar-refractivity contribution is -0.124. The maximum atomic E-state index is 12.0. The third-order valence-electron chi connectivity index (χ3n) is 7.73. The molecule has 5 heteroatoms. The van der Waals surface area contributed by atoms with E-state index >= 15 is 0 Å². The molecule has 0 bridgehead atoms. The highest BCUT2D eigenvalue weighted by atomic mass is 79.9. The molecule has 0 radical (unpaired) electrons. The van der Waals surface area contributed by atoms with E-state index in [9.17, 15) is 9.59 Å². The quantitative estimate of drug-likeness (QED) is 0.452. The third-order valence-corrected chi connectivity index (χ3v) is 9.41. The van der Waals surface area contributed by atoms with Crippen molar-refractivity contribution >= 4 is 39.0 Å². The Kier molecular flexibility index (Phi) is 8.38. The van der Waals surface area contributed by atoms with E-state index in [0.717, 1.165) is 40.5 Å². The zero-order chi connectivity index (χ0) is 21.0. The largest absolute Gasteiger partial charge is 0.477 e. The summed E-state index contributed by atoms with van der Waals surface area (Å²) in [7, 11) is 0. The number of carboxylic acids is 1. The lowest BCUT2D eigenvalue weighted by Gasteiger charge is -2.51. The summed E-state index contributed by atoms with van der Waals surface area (Å²) in [6.07, 6.45) is 13.7. The van der Waals surface area contributed by atoms with E-state index in [4.69, 9.17) is 5.11 Å². The van der Waals surface area contributed by atoms with Gasteiger partial charge in [-0.1, -0.05) is 33.1 Å². The van der Waals surface area contributed by atoms with Crippen molar-refractivity contribution in [2.24, 2.45) is 35.5 Å². The Labute approximate surface area is 187 Å². The summed E-state index contributed by atoms with van der Waals surface area (Å²) in [5.74, 6) is 5.11. The maximum absolute atomic E-state index is 12.0. The van der Waals surface area contributed by atoms with Gasteiger partial charge in [-0.25, -0.2) is 4.79 Å². The van der Waals surface area contributed by atoms with Gasteiger partial charge in [0.25, 0.3) is 0 Å². The van der Waals surface area contributed by atoms with Gasteiger partial charge < -0.3 is 5.11 Å². The van der Waals surface area contributed by atoms with Gasteiger partial charge in [0.2, 0.25) is 0 Å². The lowest BCUT2D eigenvalue weighted by Crippen LogP contribution is -2.44. The van der Waals surface area contributed by atoms with Crippen LogP contribution in [0.25, 0.3) is 0 Å². The maximum Gasteiger partial charge on any atom is 0.345 e. The average molecular weight is 484 g/mol. The van der Waals surface area contributed by atoms with Crippen LogP contribution < -0.4 is 0 Å². The number of hydrogen-bond acceptors (Lipinski definition) is 3. The first-order valence-corrected chi connectivity index (χ1v) is 13.2. The summed E-state index contributed by atoms with van der Waals surface area (Å²) in [6, 6.07) is 1.58. The molecule has 4 saturated carbocycles. The molecule has 1 N–H and O–H groups in total. The number of halogens is 1. The molecule has 1 aromatic heterocycles. The van der Waals surface area contributed by atoms with Crippen LogP contribution in [0.1, 0.15) is 87.7 Å². The first kappa shape index (κ1) is 23.0. The van der Waals surface area contributed by atoms with E-state index < -0.39 is 5.97 Å². The molecule has 0 spiro atoms. The second-order valence-corrected chi connectivity index (χ2v) is 10.7. The zero-order valence-electron chi connectivity index (χ0n) is 17.7. The van der Waals surface area contributed by atoms with Crippen LogP contribution in [0, 0.1) is 35.5 Å². The van der Waals surface area contributed by atoms with Crippen molar-refractivity contribution in [2.75, 3.05) is 0 Å². The second kappa shape index (κ2) is 10.6. The predicted molar refractivity (Wildman–Crippen MR) is 122 cm³/mol. The van der Waals surface area contributed by atoms with E-state index in [1.165, 1.54) is 69.1 Å². The molecule has 4 fully saturated rings. The molecular weight excluding hydrogens is 448 g/mol. The minimum Gasteiger partial charge on any atom is -0.477 e. The number of rotatable bonds is 1. The molecule has 6 atom stereocenters. The lowest BCUT2D eigenvalue weighted by atomic mass is 9.54. The topological polar surface area (TPSA) is 54.4 Å². The van der Waals surface area contributed by atoms with Crippen molar-refractivity contribution in [3.05, 3.63) is 20.8 Å². The van der Waals surface area contributed by atoms with Crippen molar-refractivity contribution < 1.29 is 14.7 Å².